The second-order valence-electron chi connectivity index (χ2n) is 6.56. The van der Waals surface area contributed by atoms with Gasteiger partial charge >= 0.3 is 0 Å². The molecular weight excluding hydrogens is 438 g/mol. The van der Waals surface area contributed by atoms with Crippen LogP contribution in [0.2, 0.25) is 5.02 Å². The monoisotopic (exact) mass is 454 g/mol. The van der Waals surface area contributed by atoms with Gasteiger partial charge in [-0.15, -0.1) is 0 Å². The van der Waals surface area contributed by atoms with Crippen molar-refractivity contribution < 1.29 is 23.0 Å². The zero-order chi connectivity index (χ0) is 23.1. The highest BCUT2D eigenvalue weighted by Gasteiger charge is 2.15. The maximum atomic E-state index is 13.8. The van der Waals surface area contributed by atoms with Crippen molar-refractivity contribution >= 4 is 29.3 Å². The normalized spacial score (nSPS) is 10.9. The number of nitrogens with one attached hydrogen (secondary N) is 1. The fraction of sp³-hybridized carbons (Fsp3) is 0.0833. The number of hydrogen-bond donors (Lipinski definition) is 1. The molecule has 0 spiro atoms. The van der Waals surface area contributed by atoms with E-state index in [1.54, 1.807) is 24.3 Å². The van der Waals surface area contributed by atoms with Crippen LogP contribution in [0.5, 0.6) is 11.5 Å². The van der Waals surface area contributed by atoms with Crippen LogP contribution in [0, 0.1) is 23.0 Å². The summed E-state index contributed by atoms with van der Waals surface area (Å²) < 4.78 is 38.1. The molecule has 0 heterocycles. The molecule has 0 aliphatic rings. The van der Waals surface area contributed by atoms with E-state index < -0.39 is 11.7 Å². The topological polar surface area (TPSA) is 71.3 Å². The van der Waals surface area contributed by atoms with Crippen molar-refractivity contribution in [2.75, 3.05) is 12.4 Å². The van der Waals surface area contributed by atoms with Gasteiger partial charge in [-0.05, 0) is 53.6 Å². The number of nitriles is 1. The van der Waals surface area contributed by atoms with Crippen molar-refractivity contribution in [3.8, 4) is 17.6 Å². The molecule has 162 valence electrons. The summed E-state index contributed by atoms with van der Waals surface area (Å²) in [6, 6.07) is 16.4. The maximum Gasteiger partial charge on any atom is 0.266 e. The Balaban J connectivity index is 1.83. The summed E-state index contributed by atoms with van der Waals surface area (Å²) in [5.74, 6) is -1.30. The van der Waals surface area contributed by atoms with Gasteiger partial charge in [0, 0.05) is 0 Å². The molecule has 0 aliphatic heterocycles. The Labute approximate surface area is 188 Å². The van der Waals surface area contributed by atoms with Crippen molar-refractivity contribution in [2.45, 2.75) is 6.61 Å². The molecule has 0 unspecified atom stereocenters. The Morgan fingerprint density at radius 3 is 2.62 bits per heavy atom. The number of carbonyl (C=O) groups is 1. The highest BCUT2D eigenvalue weighted by Crippen LogP contribution is 2.37. The minimum Gasteiger partial charge on any atom is -0.493 e. The summed E-state index contributed by atoms with van der Waals surface area (Å²) in [6.45, 7) is 0.0531. The number of amides is 1. The lowest BCUT2D eigenvalue weighted by Crippen LogP contribution is -2.14. The molecule has 0 aromatic heterocycles. The van der Waals surface area contributed by atoms with Crippen LogP contribution in [0.15, 0.2) is 66.2 Å². The Morgan fingerprint density at radius 2 is 1.94 bits per heavy atom. The summed E-state index contributed by atoms with van der Waals surface area (Å²) >= 11 is 6.33. The van der Waals surface area contributed by atoms with Gasteiger partial charge in [-0.2, -0.15) is 5.26 Å². The Bertz CT molecular complexity index is 1220. The number of methoxy groups -OCH3 is 1. The first-order valence-corrected chi connectivity index (χ1v) is 9.71. The predicted molar refractivity (Wildman–Crippen MR) is 117 cm³/mol. The van der Waals surface area contributed by atoms with Crippen LogP contribution in [0.3, 0.4) is 0 Å². The Kier molecular flexibility index (Phi) is 7.42. The van der Waals surface area contributed by atoms with Gasteiger partial charge in [-0.1, -0.05) is 35.9 Å². The summed E-state index contributed by atoms with van der Waals surface area (Å²) in [5, 5.41) is 11.9. The van der Waals surface area contributed by atoms with Crippen LogP contribution < -0.4 is 14.8 Å². The molecule has 0 saturated heterocycles. The minimum absolute atomic E-state index is 0.0460. The van der Waals surface area contributed by atoms with E-state index in [9.17, 15) is 18.8 Å². The van der Waals surface area contributed by atoms with Crippen molar-refractivity contribution in [3.05, 3.63) is 94.0 Å². The van der Waals surface area contributed by atoms with E-state index in [4.69, 9.17) is 21.1 Å². The summed E-state index contributed by atoms with van der Waals surface area (Å²) in [5.41, 5.74) is 0.684. The van der Waals surface area contributed by atoms with E-state index in [1.807, 2.05) is 0 Å². The van der Waals surface area contributed by atoms with Crippen molar-refractivity contribution in [1.29, 1.82) is 5.26 Å². The number of carbonyl (C=O) groups excluding carboxylic acids is 1. The van der Waals surface area contributed by atoms with Crippen molar-refractivity contribution in [1.82, 2.24) is 0 Å². The summed E-state index contributed by atoms with van der Waals surface area (Å²) in [6.07, 6.45) is 1.29. The number of ether oxygens (including phenoxy) is 2. The molecule has 3 aromatic carbocycles. The van der Waals surface area contributed by atoms with Crippen LogP contribution in [0.4, 0.5) is 14.5 Å². The van der Waals surface area contributed by atoms with E-state index in [2.05, 4.69) is 5.32 Å². The van der Waals surface area contributed by atoms with Crippen LogP contribution >= 0.6 is 11.6 Å². The lowest BCUT2D eigenvalue weighted by Gasteiger charge is -2.14. The fourth-order valence-electron chi connectivity index (χ4n) is 2.81. The zero-order valence-electron chi connectivity index (χ0n) is 16.9. The SMILES string of the molecule is COc1cc(/C=C(/C#N)C(=O)Nc2ccccc2F)cc(Cl)c1OCc1cccc(F)c1. The number of benzene rings is 3. The average Bonchev–Trinajstić information content (AvgIpc) is 2.77. The molecule has 0 saturated carbocycles. The highest BCUT2D eigenvalue weighted by molar-refractivity contribution is 6.32. The quantitative estimate of drug-likeness (QED) is 0.364. The van der Waals surface area contributed by atoms with Gasteiger partial charge < -0.3 is 14.8 Å². The van der Waals surface area contributed by atoms with Gasteiger partial charge in [0.15, 0.2) is 11.5 Å². The second-order valence-corrected chi connectivity index (χ2v) is 6.96. The minimum atomic E-state index is -0.779. The Morgan fingerprint density at radius 1 is 1.16 bits per heavy atom. The molecule has 0 bridgehead atoms. The predicted octanol–water partition coefficient (Wildman–Crippen LogP) is 5.75. The number of anilines is 1. The number of para-hydroxylation sites is 1. The molecule has 1 N–H and O–H groups in total. The van der Waals surface area contributed by atoms with Crippen LogP contribution in [0.1, 0.15) is 11.1 Å². The molecule has 1 amide bonds. The van der Waals surface area contributed by atoms with E-state index in [0.29, 0.717) is 11.1 Å². The van der Waals surface area contributed by atoms with E-state index >= 15 is 0 Å². The lowest BCUT2D eigenvalue weighted by molar-refractivity contribution is -0.112. The largest absolute Gasteiger partial charge is 0.493 e. The number of halogens is 3. The van der Waals surface area contributed by atoms with E-state index in [0.717, 1.165) is 0 Å². The third kappa shape index (κ3) is 5.62. The first-order valence-electron chi connectivity index (χ1n) is 9.33. The van der Waals surface area contributed by atoms with Crippen molar-refractivity contribution in [2.24, 2.45) is 0 Å². The molecule has 32 heavy (non-hydrogen) atoms. The lowest BCUT2D eigenvalue weighted by atomic mass is 10.1. The van der Waals surface area contributed by atoms with Gasteiger partial charge in [-0.25, -0.2) is 8.78 Å². The van der Waals surface area contributed by atoms with E-state index in [1.165, 1.54) is 55.7 Å². The first kappa shape index (κ1) is 22.8. The van der Waals surface area contributed by atoms with Crippen LogP contribution in [0.25, 0.3) is 6.08 Å². The summed E-state index contributed by atoms with van der Waals surface area (Å²) in [7, 11) is 1.41. The maximum absolute atomic E-state index is 13.8. The van der Waals surface area contributed by atoms with Crippen LogP contribution in [-0.4, -0.2) is 13.0 Å². The van der Waals surface area contributed by atoms with E-state index in [-0.39, 0.29) is 40.2 Å². The molecule has 0 fully saturated rings. The van der Waals surface area contributed by atoms with Gasteiger partial charge in [-0.3, -0.25) is 4.79 Å². The first-order chi connectivity index (χ1) is 15.4. The standard InChI is InChI=1S/C24H17ClF2N2O3/c1-31-22-12-16(9-17(13-28)24(30)29-21-8-3-2-7-20(21)27)11-19(25)23(22)32-14-15-5-4-6-18(26)10-15/h2-12H,14H2,1H3,(H,29,30)/b17-9-. The smallest absolute Gasteiger partial charge is 0.266 e. The molecule has 0 aliphatic carbocycles. The fourth-order valence-corrected chi connectivity index (χ4v) is 3.09. The molecule has 0 atom stereocenters. The number of hydrogen-bond acceptors (Lipinski definition) is 4. The highest BCUT2D eigenvalue weighted by atomic mass is 35.5. The number of nitrogens with zero attached hydrogens (tertiary/aromatic N) is 1. The zero-order valence-corrected chi connectivity index (χ0v) is 17.6. The second kappa shape index (κ2) is 10.4. The number of rotatable bonds is 7. The average molecular weight is 455 g/mol. The summed E-state index contributed by atoms with van der Waals surface area (Å²) in [4.78, 5) is 12.4. The molecule has 3 aromatic rings. The van der Waals surface area contributed by atoms with Gasteiger partial charge in [0.1, 0.15) is 29.9 Å². The molecule has 5 nitrogen and oxygen atoms in total. The van der Waals surface area contributed by atoms with Gasteiger partial charge in [0.25, 0.3) is 5.91 Å². The molecule has 8 heteroatoms. The van der Waals surface area contributed by atoms with Crippen molar-refractivity contribution in [3.63, 3.8) is 0 Å². The van der Waals surface area contributed by atoms with Crippen LogP contribution in [-0.2, 0) is 11.4 Å². The third-order valence-electron chi connectivity index (χ3n) is 4.32. The third-order valence-corrected chi connectivity index (χ3v) is 4.60. The molecule has 0 radical (unpaired) electrons. The molecular formula is C24H17ClF2N2O3. The molecule has 3 rings (SSSR count). The van der Waals surface area contributed by atoms with Gasteiger partial charge in [0.05, 0.1) is 17.8 Å². The van der Waals surface area contributed by atoms with Gasteiger partial charge in [0.2, 0.25) is 0 Å². The Hall–Kier alpha value is -3.89.